The van der Waals surface area contributed by atoms with E-state index in [1.165, 1.54) is 32.1 Å². The van der Waals surface area contributed by atoms with Crippen LogP contribution in [0.5, 0.6) is 0 Å². The molecule has 0 aromatic carbocycles. The van der Waals surface area contributed by atoms with Gasteiger partial charge in [0.1, 0.15) is 6.04 Å². The SMILES string of the molecule is CCCCCC1CCC(C(=O)N[C@@H](CCCNC(N)=NC)C(=O)N[C@@H](CC(C)C)B2O[C@@H]3C[C@@H]4C[C@@H](C4(C)C)[C@]3(C)O2)CC1. The Kier molecular flexibility index (Phi) is 12.1. The Morgan fingerprint density at radius 3 is 2.41 bits per heavy atom. The summed E-state index contributed by atoms with van der Waals surface area (Å²) in [5.74, 6) is 2.09. The van der Waals surface area contributed by atoms with E-state index in [1.807, 2.05) is 0 Å². The monoisotopic (exact) mass is 615 g/mol. The molecule has 5 N–H and O–H groups in total. The van der Waals surface area contributed by atoms with Gasteiger partial charge in [-0.2, -0.15) is 0 Å². The molecular weight excluding hydrogens is 553 g/mol. The van der Waals surface area contributed by atoms with Crippen LogP contribution in [0.15, 0.2) is 4.99 Å². The van der Waals surface area contributed by atoms with E-state index in [-0.39, 0.29) is 40.8 Å². The summed E-state index contributed by atoms with van der Waals surface area (Å²) in [7, 11) is 1.15. The maximum atomic E-state index is 14.0. The lowest BCUT2D eigenvalue weighted by molar-refractivity contribution is -0.199. The summed E-state index contributed by atoms with van der Waals surface area (Å²) in [6.07, 6.45) is 13.3. The maximum Gasteiger partial charge on any atom is 0.481 e. The van der Waals surface area contributed by atoms with Gasteiger partial charge in [0.15, 0.2) is 5.96 Å². The molecule has 2 amide bonds. The maximum absolute atomic E-state index is 14.0. The minimum Gasteiger partial charge on any atom is -0.404 e. The van der Waals surface area contributed by atoms with E-state index in [1.54, 1.807) is 7.05 Å². The van der Waals surface area contributed by atoms with Crippen LogP contribution in [0, 0.1) is 35.0 Å². The zero-order valence-electron chi connectivity index (χ0n) is 28.8. The van der Waals surface area contributed by atoms with Crippen molar-refractivity contribution in [1.82, 2.24) is 16.0 Å². The lowest BCUT2D eigenvalue weighted by Crippen LogP contribution is -2.65. The summed E-state index contributed by atoms with van der Waals surface area (Å²) < 4.78 is 13.4. The van der Waals surface area contributed by atoms with Crippen LogP contribution in [0.25, 0.3) is 0 Å². The Morgan fingerprint density at radius 2 is 1.77 bits per heavy atom. The highest BCUT2D eigenvalue weighted by atomic mass is 16.7. The predicted octanol–water partition coefficient (Wildman–Crippen LogP) is 4.97. The third-order valence-corrected chi connectivity index (χ3v) is 11.6. The predicted molar refractivity (Wildman–Crippen MR) is 178 cm³/mol. The highest BCUT2D eigenvalue weighted by molar-refractivity contribution is 6.48. The van der Waals surface area contributed by atoms with Gasteiger partial charge in [0.2, 0.25) is 11.8 Å². The van der Waals surface area contributed by atoms with Crippen molar-refractivity contribution in [3.8, 4) is 0 Å². The van der Waals surface area contributed by atoms with Crippen LogP contribution < -0.4 is 21.7 Å². The highest BCUT2D eigenvalue weighted by Crippen LogP contribution is 2.65. The van der Waals surface area contributed by atoms with Crippen LogP contribution in [0.3, 0.4) is 0 Å². The lowest BCUT2D eigenvalue weighted by atomic mass is 9.43. The lowest BCUT2D eigenvalue weighted by Gasteiger charge is -2.64. The Bertz CT molecular complexity index is 1000. The molecule has 10 heteroatoms. The van der Waals surface area contributed by atoms with E-state index < -0.39 is 13.2 Å². The zero-order chi connectivity index (χ0) is 32.1. The summed E-state index contributed by atoms with van der Waals surface area (Å²) in [6.45, 7) is 14.1. The van der Waals surface area contributed by atoms with Crippen molar-refractivity contribution in [2.24, 2.45) is 45.7 Å². The molecule has 1 heterocycles. The first-order valence-electron chi connectivity index (χ1n) is 17.8. The van der Waals surface area contributed by atoms with Gasteiger partial charge in [-0.1, -0.05) is 60.3 Å². The van der Waals surface area contributed by atoms with E-state index >= 15 is 0 Å². The molecule has 5 fully saturated rings. The topological polar surface area (TPSA) is 127 Å². The second kappa shape index (κ2) is 15.2. The van der Waals surface area contributed by atoms with Gasteiger partial charge in [-0.25, -0.2) is 0 Å². The third kappa shape index (κ3) is 8.12. The van der Waals surface area contributed by atoms with E-state index in [2.05, 4.69) is 62.5 Å². The standard InChI is InChI=1S/C34H62BN5O4/c1-8-9-10-12-23-14-16-24(17-15-23)30(41)39-26(13-11-18-38-32(36)37-7)31(42)40-29(19-22(2)3)35-43-28-21-25-20-27(33(25,4)5)34(28,6)44-35/h22-29H,8-21H2,1-7H3,(H,39,41)(H,40,42)(H3,36,37,38)/t23?,24?,25-,26-,27-,28+,29-,34-/m0/s1. The fraction of sp³-hybridized carbons (Fsp3) is 0.912. The largest absolute Gasteiger partial charge is 0.481 e. The minimum atomic E-state index is -0.632. The molecule has 1 saturated heterocycles. The molecule has 0 unspecified atom stereocenters. The van der Waals surface area contributed by atoms with Gasteiger partial charge in [0.05, 0.1) is 17.6 Å². The molecule has 5 aliphatic rings. The Labute approximate surface area is 267 Å². The molecule has 44 heavy (non-hydrogen) atoms. The molecule has 2 bridgehead atoms. The van der Waals surface area contributed by atoms with E-state index in [0.29, 0.717) is 43.1 Å². The second-order valence-electron chi connectivity index (χ2n) is 15.5. The molecule has 4 aliphatic carbocycles. The van der Waals surface area contributed by atoms with E-state index in [0.717, 1.165) is 44.4 Å². The third-order valence-electron chi connectivity index (χ3n) is 11.6. The first kappa shape index (κ1) is 35.1. The number of nitrogens with one attached hydrogen (secondary N) is 3. The number of amides is 2. The van der Waals surface area contributed by atoms with Gasteiger partial charge in [0, 0.05) is 19.5 Å². The van der Waals surface area contributed by atoms with E-state index in [4.69, 9.17) is 15.0 Å². The Hall–Kier alpha value is -1.81. The summed E-state index contributed by atoms with van der Waals surface area (Å²) >= 11 is 0. The summed E-state index contributed by atoms with van der Waals surface area (Å²) in [5, 5.41) is 9.54. The molecule has 1 aliphatic heterocycles. The number of nitrogens with two attached hydrogens (primary N) is 1. The smallest absolute Gasteiger partial charge is 0.404 e. The van der Waals surface area contributed by atoms with Crippen molar-refractivity contribution >= 4 is 24.9 Å². The average Bonchev–Trinajstić information content (AvgIpc) is 3.35. The fourth-order valence-corrected chi connectivity index (χ4v) is 8.66. The fourth-order valence-electron chi connectivity index (χ4n) is 8.66. The second-order valence-corrected chi connectivity index (χ2v) is 15.5. The molecular formula is C34H62BN5O4. The van der Waals surface area contributed by atoms with Crippen molar-refractivity contribution in [3.63, 3.8) is 0 Å². The van der Waals surface area contributed by atoms with Gasteiger partial charge in [-0.15, -0.1) is 0 Å². The number of unbranched alkanes of at least 4 members (excludes halogenated alkanes) is 2. The highest BCUT2D eigenvalue weighted by Gasteiger charge is 2.68. The molecule has 0 spiro atoms. The van der Waals surface area contributed by atoms with Crippen molar-refractivity contribution in [2.45, 2.75) is 149 Å². The van der Waals surface area contributed by atoms with Gasteiger partial charge in [-0.05, 0) is 93.8 Å². The molecule has 9 nitrogen and oxygen atoms in total. The number of aliphatic imine (C=N–C) groups is 1. The zero-order valence-corrected chi connectivity index (χ0v) is 28.8. The molecule has 0 aromatic heterocycles. The van der Waals surface area contributed by atoms with E-state index in [9.17, 15) is 9.59 Å². The molecule has 250 valence electrons. The van der Waals surface area contributed by atoms with Crippen LogP contribution in [-0.2, 0) is 18.9 Å². The van der Waals surface area contributed by atoms with Crippen LogP contribution >= 0.6 is 0 Å². The van der Waals surface area contributed by atoms with Crippen molar-refractivity contribution in [3.05, 3.63) is 0 Å². The first-order chi connectivity index (χ1) is 20.9. The summed E-state index contributed by atoms with van der Waals surface area (Å²) in [4.78, 5) is 31.4. The summed E-state index contributed by atoms with van der Waals surface area (Å²) in [5.41, 5.74) is 5.73. The van der Waals surface area contributed by atoms with Crippen LogP contribution in [0.2, 0.25) is 0 Å². The van der Waals surface area contributed by atoms with Crippen molar-refractivity contribution in [2.75, 3.05) is 13.6 Å². The molecule has 4 saturated carbocycles. The van der Waals surface area contributed by atoms with Crippen LogP contribution in [-0.4, -0.2) is 62.2 Å². The van der Waals surface area contributed by atoms with Gasteiger partial charge >= 0.3 is 7.12 Å². The molecule has 6 atom stereocenters. The van der Waals surface area contributed by atoms with Gasteiger partial charge in [-0.3, -0.25) is 14.6 Å². The van der Waals surface area contributed by atoms with Crippen molar-refractivity contribution < 1.29 is 18.9 Å². The number of hydrogen-bond acceptors (Lipinski definition) is 5. The molecule has 0 radical (unpaired) electrons. The van der Waals surface area contributed by atoms with Crippen LogP contribution in [0.4, 0.5) is 0 Å². The first-order valence-corrected chi connectivity index (χ1v) is 17.8. The van der Waals surface area contributed by atoms with Crippen LogP contribution in [0.1, 0.15) is 125 Å². The molecule has 0 aromatic rings. The quantitative estimate of drug-likeness (QED) is 0.0892. The minimum absolute atomic E-state index is 0.00839. The molecule has 5 rings (SSSR count). The Morgan fingerprint density at radius 1 is 1.05 bits per heavy atom. The number of nitrogens with zero attached hydrogens (tertiary/aromatic N) is 1. The number of guanidine groups is 1. The van der Waals surface area contributed by atoms with Gasteiger partial charge < -0.3 is 31.0 Å². The van der Waals surface area contributed by atoms with Gasteiger partial charge in [0.25, 0.3) is 0 Å². The van der Waals surface area contributed by atoms with Crippen molar-refractivity contribution in [1.29, 1.82) is 0 Å². The number of rotatable bonds is 15. The number of carbonyl (C=O) groups is 2. The summed E-state index contributed by atoms with van der Waals surface area (Å²) in [6, 6.07) is -0.632. The normalized spacial score (nSPS) is 32.4. The average molecular weight is 616 g/mol. The number of hydrogen-bond donors (Lipinski definition) is 4. The Balaban J connectivity index is 1.39. The number of carbonyl (C=O) groups excluding carboxylic acids is 2.